The van der Waals surface area contributed by atoms with Gasteiger partial charge in [0, 0.05) is 14.0 Å². The zero-order valence-electron chi connectivity index (χ0n) is 8.94. The highest BCUT2D eigenvalue weighted by Gasteiger charge is 2.19. The molecule has 0 aliphatic carbocycles. The van der Waals surface area contributed by atoms with Gasteiger partial charge in [-0.1, -0.05) is 19.3 Å². The Balaban J connectivity index is 4.29. The summed E-state index contributed by atoms with van der Waals surface area (Å²) in [4.78, 5) is 10.7. The molecular formula is C11H18O2. The van der Waals surface area contributed by atoms with Crippen LogP contribution in [-0.2, 0) is 9.53 Å². The molecule has 0 bridgehead atoms. The molecule has 0 aromatic rings. The Hall–Kier alpha value is -0.810. The SMILES string of the molecule is CCCCC(C)(C#CC(C)=O)OC. The van der Waals surface area contributed by atoms with Crippen molar-refractivity contribution in [2.45, 2.75) is 45.6 Å². The van der Waals surface area contributed by atoms with Gasteiger partial charge in [-0.15, -0.1) is 0 Å². The second-order valence-corrected chi connectivity index (χ2v) is 3.34. The summed E-state index contributed by atoms with van der Waals surface area (Å²) in [6.45, 7) is 5.50. The van der Waals surface area contributed by atoms with E-state index in [9.17, 15) is 4.79 Å². The topological polar surface area (TPSA) is 26.3 Å². The molecule has 0 N–H and O–H groups in total. The van der Waals surface area contributed by atoms with Gasteiger partial charge in [0.1, 0.15) is 5.60 Å². The van der Waals surface area contributed by atoms with Crippen LogP contribution in [0.25, 0.3) is 0 Å². The van der Waals surface area contributed by atoms with Crippen LogP contribution in [0.5, 0.6) is 0 Å². The molecule has 0 amide bonds. The van der Waals surface area contributed by atoms with Crippen molar-refractivity contribution in [2.75, 3.05) is 7.11 Å². The smallest absolute Gasteiger partial charge is 0.202 e. The lowest BCUT2D eigenvalue weighted by molar-refractivity contribution is -0.111. The molecule has 0 rings (SSSR count). The van der Waals surface area contributed by atoms with Crippen LogP contribution >= 0.6 is 0 Å². The van der Waals surface area contributed by atoms with E-state index in [1.165, 1.54) is 6.92 Å². The Labute approximate surface area is 80.7 Å². The zero-order valence-corrected chi connectivity index (χ0v) is 8.94. The van der Waals surface area contributed by atoms with Crippen molar-refractivity contribution in [3.05, 3.63) is 0 Å². The summed E-state index contributed by atoms with van der Waals surface area (Å²) in [5, 5.41) is 0. The number of ketones is 1. The number of rotatable bonds is 4. The third kappa shape index (κ3) is 5.43. The minimum Gasteiger partial charge on any atom is -0.366 e. The first-order valence-electron chi connectivity index (χ1n) is 4.63. The maximum Gasteiger partial charge on any atom is 0.202 e. The van der Waals surface area contributed by atoms with Gasteiger partial charge >= 0.3 is 0 Å². The standard InChI is InChI=1S/C11H18O2/c1-5-6-8-11(3,13-4)9-7-10(2)12/h5-6,8H2,1-4H3. The van der Waals surface area contributed by atoms with Crippen molar-refractivity contribution in [3.63, 3.8) is 0 Å². The Morgan fingerprint density at radius 2 is 2.15 bits per heavy atom. The molecule has 0 spiro atoms. The summed E-state index contributed by atoms with van der Waals surface area (Å²) in [6.07, 6.45) is 3.05. The number of Topliss-reactive ketones (excluding diaryl/α,β-unsaturated/α-hetero) is 1. The predicted molar refractivity (Wildman–Crippen MR) is 53.4 cm³/mol. The molecule has 2 heteroatoms. The summed E-state index contributed by atoms with van der Waals surface area (Å²) in [7, 11) is 1.63. The molecule has 0 aliphatic rings. The van der Waals surface area contributed by atoms with Crippen LogP contribution in [0.2, 0.25) is 0 Å². The van der Waals surface area contributed by atoms with E-state index in [0.717, 1.165) is 19.3 Å². The Morgan fingerprint density at radius 3 is 2.54 bits per heavy atom. The van der Waals surface area contributed by atoms with Gasteiger partial charge in [-0.25, -0.2) is 0 Å². The van der Waals surface area contributed by atoms with Crippen molar-refractivity contribution < 1.29 is 9.53 Å². The number of hydrogen-bond donors (Lipinski definition) is 0. The second kappa shape index (κ2) is 5.77. The molecule has 1 unspecified atom stereocenters. The highest BCUT2D eigenvalue weighted by molar-refractivity contribution is 5.93. The van der Waals surface area contributed by atoms with Crippen molar-refractivity contribution in [1.82, 2.24) is 0 Å². The Bertz CT molecular complexity index is 222. The van der Waals surface area contributed by atoms with E-state index in [4.69, 9.17) is 4.74 Å². The molecule has 0 saturated heterocycles. The summed E-state index contributed by atoms with van der Waals surface area (Å²) in [5.74, 6) is 5.28. The van der Waals surface area contributed by atoms with E-state index in [0.29, 0.717) is 0 Å². The number of carbonyl (C=O) groups excluding carboxylic acids is 1. The number of hydrogen-bond acceptors (Lipinski definition) is 2. The van der Waals surface area contributed by atoms with Gasteiger partial charge in [-0.05, 0) is 25.7 Å². The van der Waals surface area contributed by atoms with Crippen LogP contribution in [0.15, 0.2) is 0 Å². The first kappa shape index (κ1) is 12.2. The second-order valence-electron chi connectivity index (χ2n) is 3.34. The third-order valence-corrected chi connectivity index (χ3v) is 1.96. The van der Waals surface area contributed by atoms with E-state index in [1.54, 1.807) is 7.11 Å². The zero-order chi connectivity index (χ0) is 10.3. The Kier molecular flexibility index (Phi) is 5.41. The third-order valence-electron chi connectivity index (χ3n) is 1.96. The van der Waals surface area contributed by atoms with E-state index in [2.05, 4.69) is 18.8 Å². The van der Waals surface area contributed by atoms with Gasteiger partial charge in [0.15, 0.2) is 0 Å². The van der Waals surface area contributed by atoms with Crippen LogP contribution in [-0.4, -0.2) is 18.5 Å². The van der Waals surface area contributed by atoms with Crippen LogP contribution in [0, 0.1) is 11.8 Å². The molecule has 0 aromatic carbocycles. The fourth-order valence-electron chi connectivity index (χ4n) is 0.950. The van der Waals surface area contributed by atoms with Gasteiger partial charge in [0.05, 0.1) is 0 Å². The van der Waals surface area contributed by atoms with Crippen molar-refractivity contribution in [3.8, 4) is 11.8 Å². The highest BCUT2D eigenvalue weighted by Crippen LogP contribution is 2.16. The molecule has 0 aromatic heterocycles. The quantitative estimate of drug-likeness (QED) is 0.492. The van der Waals surface area contributed by atoms with Crippen molar-refractivity contribution >= 4 is 5.78 Å². The largest absolute Gasteiger partial charge is 0.366 e. The number of ether oxygens (including phenoxy) is 1. The van der Waals surface area contributed by atoms with Crippen molar-refractivity contribution in [2.24, 2.45) is 0 Å². The number of carbonyl (C=O) groups is 1. The van der Waals surface area contributed by atoms with Gasteiger partial charge in [0.25, 0.3) is 0 Å². The number of methoxy groups -OCH3 is 1. The molecule has 0 saturated carbocycles. The van der Waals surface area contributed by atoms with Crippen LogP contribution in [0.4, 0.5) is 0 Å². The summed E-state index contributed by atoms with van der Waals surface area (Å²) >= 11 is 0. The molecule has 0 radical (unpaired) electrons. The van der Waals surface area contributed by atoms with Gasteiger partial charge in [-0.2, -0.15) is 0 Å². The lowest BCUT2D eigenvalue weighted by Crippen LogP contribution is -2.25. The fourth-order valence-corrected chi connectivity index (χ4v) is 0.950. The van der Waals surface area contributed by atoms with Crippen LogP contribution in [0.1, 0.15) is 40.0 Å². The molecule has 0 fully saturated rings. The molecule has 13 heavy (non-hydrogen) atoms. The summed E-state index contributed by atoms with van der Waals surface area (Å²) in [5.41, 5.74) is -0.457. The average molecular weight is 182 g/mol. The van der Waals surface area contributed by atoms with Gasteiger partial charge in [0.2, 0.25) is 5.78 Å². The highest BCUT2D eigenvalue weighted by atomic mass is 16.5. The maximum absolute atomic E-state index is 10.7. The molecular weight excluding hydrogens is 164 g/mol. The van der Waals surface area contributed by atoms with E-state index in [-0.39, 0.29) is 5.78 Å². The molecule has 74 valence electrons. The first-order chi connectivity index (χ1) is 6.04. The van der Waals surface area contributed by atoms with Crippen molar-refractivity contribution in [1.29, 1.82) is 0 Å². The molecule has 2 nitrogen and oxygen atoms in total. The molecule has 0 heterocycles. The van der Waals surface area contributed by atoms with E-state index < -0.39 is 5.60 Å². The number of unbranched alkanes of at least 4 members (excludes halogenated alkanes) is 1. The van der Waals surface area contributed by atoms with Gasteiger partial charge in [-0.3, -0.25) is 4.79 Å². The van der Waals surface area contributed by atoms with E-state index >= 15 is 0 Å². The predicted octanol–water partition coefficient (Wildman–Crippen LogP) is 2.17. The lowest BCUT2D eigenvalue weighted by atomic mass is 9.99. The fraction of sp³-hybridized carbons (Fsp3) is 0.727. The molecule has 0 aliphatic heterocycles. The average Bonchev–Trinajstić information content (AvgIpc) is 2.11. The van der Waals surface area contributed by atoms with Crippen LogP contribution < -0.4 is 0 Å². The normalized spacial score (nSPS) is 14.2. The van der Waals surface area contributed by atoms with Gasteiger partial charge < -0.3 is 4.74 Å². The maximum atomic E-state index is 10.7. The minimum absolute atomic E-state index is 0.111. The minimum atomic E-state index is -0.457. The lowest BCUT2D eigenvalue weighted by Gasteiger charge is -2.21. The van der Waals surface area contributed by atoms with Crippen LogP contribution in [0.3, 0.4) is 0 Å². The summed E-state index contributed by atoms with van der Waals surface area (Å²) in [6, 6.07) is 0. The van der Waals surface area contributed by atoms with E-state index in [1.807, 2.05) is 6.92 Å². The molecule has 1 atom stereocenters. The first-order valence-corrected chi connectivity index (χ1v) is 4.63. The summed E-state index contributed by atoms with van der Waals surface area (Å²) < 4.78 is 5.26. The Morgan fingerprint density at radius 1 is 1.54 bits per heavy atom. The monoisotopic (exact) mass is 182 g/mol.